The first kappa shape index (κ1) is 91.1. The second kappa shape index (κ2) is 64.7. The van der Waals surface area contributed by atoms with Crippen LogP contribution >= 0.6 is 15.6 Å². The lowest BCUT2D eigenvalue weighted by Gasteiger charge is -2.21. The van der Waals surface area contributed by atoms with Gasteiger partial charge < -0.3 is 33.8 Å². The Morgan fingerprint density at radius 2 is 0.548 bits per heavy atom. The van der Waals surface area contributed by atoms with Gasteiger partial charge in [0, 0.05) is 25.7 Å². The molecule has 93 heavy (non-hydrogen) atoms. The van der Waals surface area contributed by atoms with Crippen LogP contribution in [0.1, 0.15) is 376 Å². The first-order valence-corrected chi connectivity index (χ1v) is 41.4. The Morgan fingerprint density at radius 3 is 0.817 bits per heavy atom. The van der Waals surface area contributed by atoms with E-state index >= 15 is 0 Å². The molecule has 0 heterocycles. The number of phosphoric acid groups is 2. The molecular weight excluding hydrogens is 1220 g/mol. The highest BCUT2D eigenvalue weighted by molar-refractivity contribution is 7.47. The second-order valence-electron chi connectivity index (χ2n) is 27.9. The molecule has 552 valence electrons. The fourth-order valence-corrected chi connectivity index (χ4v) is 12.8. The zero-order chi connectivity index (χ0) is 68.7. The van der Waals surface area contributed by atoms with E-state index in [9.17, 15) is 43.2 Å². The first-order valence-electron chi connectivity index (χ1n) is 38.4. The molecular formula is C74H144O17P2. The molecule has 3 unspecified atom stereocenters. The van der Waals surface area contributed by atoms with Gasteiger partial charge in [-0.15, -0.1) is 0 Å². The monoisotopic (exact) mass is 1370 g/mol. The van der Waals surface area contributed by atoms with Gasteiger partial charge in [0.25, 0.3) is 0 Å². The van der Waals surface area contributed by atoms with Gasteiger partial charge in [-0.1, -0.05) is 325 Å². The molecule has 0 rings (SSSR count). The molecule has 0 spiro atoms. The van der Waals surface area contributed by atoms with Gasteiger partial charge in [0.1, 0.15) is 19.3 Å². The Kier molecular flexibility index (Phi) is 63.4. The summed E-state index contributed by atoms with van der Waals surface area (Å²) in [6.45, 7) is 11.9. The molecule has 17 nitrogen and oxygen atoms in total. The van der Waals surface area contributed by atoms with Gasteiger partial charge in [-0.2, -0.15) is 0 Å². The number of ether oxygens (including phenoxy) is 4. The largest absolute Gasteiger partial charge is 0.472 e. The average Bonchev–Trinajstić information content (AvgIpc) is 3.71. The minimum atomic E-state index is -4.96. The molecule has 0 saturated carbocycles. The number of aliphatic hydroxyl groups is 1. The molecule has 0 saturated heterocycles. The van der Waals surface area contributed by atoms with Crippen LogP contribution in [0.15, 0.2) is 0 Å². The highest BCUT2D eigenvalue weighted by atomic mass is 31.2. The summed E-state index contributed by atoms with van der Waals surface area (Å²) in [7, 11) is -9.90. The third-order valence-corrected chi connectivity index (χ3v) is 19.4. The number of carbonyl (C=O) groups is 4. The molecule has 0 aromatic heterocycles. The van der Waals surface area contributed by atoms with Gasteiger partial charge in [-0.3, -0.25) is 37.3 Å². The van der Waals surface area contributed by atoms with Crippen LogP contribution in [0.5, 0.6) is 0 Å². The molecule has 0 aliphatic rings. The standard InChI is InChI=1S/C74H144O17P2/c1-8-10-11-12-31-41-48-55-71(76)84-61-69(90-74(79)58-51-44-37-30-24-23-27-34-40-47-54-67(7)9-2)63-88-92(80,81)86-59-68(75)60-87-93(82,83)89-64-70(62-85-72(77)56-49-42-35-28-21-18-17-20-26-33-39-46-53-66(5)6)91-73(78)57-50-43-36-29-22-16-14-13-15-19-25-32-38-45-52-65(3)4/h65-70,75H,8-64H2,1-7H3,(H,80,81)(H,82,83)/t67?,68-,69+,70+/m0/s1. The van der Waals surface area contributed by atoms with Crippen LogP contribution in [0.3, 0.4) is 0 Å². The molecule has 0 aliphatic carbocycles. The number of phosphoric ester groups is 2. The topological polar surface area (TPSA) is 237 Å². The number of esters is 4. The summed E-state index contributed by atoms with van der Waals surface area (Å²) < 4.78 is 68.4. The second-order valence-corrected chi connectivity index (χ2v) is 30.8. The van der Waals surface area contributed by atoms with Gasteiger partial charge in [-0.05, 0) is 43.4 Å². The number of unbranched alkanes of at least 4 members (excludes halogenated alkanes) is 39. The summed E-state index contributed by atoms with van der Waals surface area (Å²) in [6.07, 6.45) is 49.9. The summed E-state index contributed by atoms with van der Waals surface area (Å²) >= 11 is 0. The van der Waals surface area contributed by atoms with Crippen molar-refractivity contribution >= 4 is 39.5 Å². The third-order valence-electron chi connectivity index (χ3n) is 17.5. The maximum absolute atomic E-state index is 13.1. The van der Waals surface area contributed by atoms with Crippen LogP contribution < -0.4 is 0 Å². The lowest BCUT2D eigenvalue weighted by molar-refractivity contribution is -0.161. The van der Waals surface area contributed by atoms with Crippen molar-refractivity contribution in [1.29, 1.82) is 0 Å². The SMILES string of the molecule is CCCCCCCCCC(=O)OC[C@H](COP(=O)(O)OC[C@H](O)COP(=O)(O)OC[C@@H](COC(=O)CCCCCCCCCCCCCCC(C)C)OC(=O)CCCCCCCCCCCCCCCCC(C)C)OC(=O)CCCCCCCCCCCCC(C)CC. The molecule has 3 N–H and O–H groups in total. The minimum Gasteiger partial charge on any atom is -0.462 e. The van der Waals surface area contributed by atoms with Crippen LogP contribution in [-0.2, 0) is 65.4 Å². The fourth-order valence-electron chi connectivity index (χ4n) is 11.2. The van der Waals surface area contributed by atoms with Crippen molar-refractivity contribution in [2.75, 3.05) is 39.6 Å². The van der Waals surface area contributed by atoms with E-state index < -0.39 is 97.5 Å². The van der Waals surface area contributed by atoms with Crippen molar-refractivity contribution in [3.05, 3.63) is 0 Å². The summed E-state index contributed by atoms with van der Waals surface area (Å²) in [5.74, 6) is 0.256. The molecule has 0 radical (unpaired) electrons. The van der Waals surface area contributed by atoms with Crippen molar-refractivity contribution in [2.45, 2.75) is 394 Å². The number of rotatable bonds is 72. The summed E-state index contributed by atoms with van der Waals surface area (Å²) in [6, 6.07) is 0. The van der Waals surface area contributed by atoms with Crippen molar-refractivity contribution in [3.63, 3.8) is 0 Å². The Bertz CT molecular complexity index is 1820. The Labute approximate surface area is 568 Å². The Balaban J connectivity index is 5.21. The van der Waals surface area contributed by atoms with Crippen molar-refractivity contribution in [1.82, 2.24) is 0 Å². The highest BCUT2D eigenvalue weighted by Crippen LogP contribution is 2.45. The zero-order valence-electron chi connectivity index (χ0n) is 60.7. The van der Waals surface area contributed by atoms with Gasteiger partial charge in [0.2, 0.25) is 0 Å². The summed E-state index contributed by atoms with van der Waals surface area (Å²) in [4.78, 5) is 72.6. The fraction of sp³-hybridized carbons (Fsp3) is 0.946. The first-order chi connectivity index (χ1) is 44.8. The maximum Gasteiger partial charge on any atom is 0.472 e. The Hall–Kier alpha value is -1.94. The third kappa shape index (κ3) is 67.0. The van der Waals surface area contributed by atoms with E-state index in [1.165, 1.54) is 173 Å². The Morgan fingerprint density at radius 1 is 0.312 bits per heavy atom. The molecule has 6 atom stereocenters. The maximum atomic E-state index is 13.1. The summed E-state index contributed by atoms with van der Waals surface area (Å²) in [5, 5.41) is 10.6. The van der Waals surface area contributed by atoms with E-state index in [0.717, 1.165) is 120 Å². The smallest absolute Gasteiger partial charge is 0.462 e. The predicted octanol–water partition coefficient (Wildman–Crippen LogP) is 21.4. The predicted molar refractivity (Wildman–Crippen MR) is 377 cm³/mol. The number of hydrogen-bond donors (Lipinski definition) is 3. The van der Waals surface area contributed by atoms with Crippen LogP contribution in [0.2, 0.25) is 0 Å². The van der Waals surface area contributed by atoms with Crippen LogP contribution in [0, 0.1) is 17.8 Å². The van der Waals surface area contributed by atoms with Gasteiger partial charge in [-0.25, -0.2) is 9.13 Å². The number of carbonyl (C=O) groups excluding carboxylic acids is 4. The molecule has 0 amide bonds. The van der Waals surface area contributed by atoms with Crippen LogP contribution in [-0.4, -0.2) is 96.7 Å². The summed E-state index contributed by atoms with van der Waals surface area (Å²) in [5.41, 5.74) is 0. The quantitative estimate of drug-likeness (QED) is 0.0222. The van der Waals surface area contributed by atoms with E-state index in [2.05, 4.69) is 48.5 Å². The van der Waals surface area contributed by atoms with E-state index in [1.54, 1.807) is 0 Å². The molecule has 19 heteroatoms. The highest BCUT2D eigenvalue weighted by Gasteiger charge is 2.30. The molecule has 0 aromatic rings. The lowest BCUT2D eigenvalue weighted by Crippen LogP contribution is -2.30. The van der Waals surface area contributed by atoms with Gasteiger partial charge in [0.15, 0.2) is 12.2 Å². The number of hydrogen-bond acceptors (Lipinski definition) is 15. The van der Waals surface area contributed by atoms with Gasteiger partial charge in [0.05, 0.1) is 26.4 Å². The van der Waals surface area contributed by atoms with Crippen LogP contribution in [0.25, 0.3) is 0 Å². The molecule has 0 aliphatic heterocycles. The zero-order valence-corrected chi connectivity index (χ0v) is 62.5. The normalized spacial score (nSPS) is 14.4. The van der Waals surface area contributed by atoms with E-state index in [-0.39, 0.29) is 25.7 Å². The molecule has 0 fully saturated rings. The minimum absolute atomic E-state index is 0.106. The molecule has 0 aromatic carbocycles. The van der Waals surface area contributed by atoms with Crippen molar-refractivity contribution < 1.29 is 80.2 Å². The van der Waals surface area contributed by atoms with E-state index in [0.29, 0.717) is 25.7 Å². The van der Waals surface area contributed by atoms with Crippen LogP contribution in [0.4, 0.5) is 0 Å². The lowest BCUT2D eigenvalue weighted by atomic mass is 9.99. The average molecular weight is 1370 g/mol. The van der Waals surface area contributed by atoms with E-state index in [4.69, 9.17) is 37.0 Å². The van der Waals surface area contributed by atoms with Crippen molar-refractivity contribution in [3.8, 4) is 0 Å². The van der Waals surface area contributed by atoms with E-state index in [1.807, 2.05) is 0 Å². The number of aliphatic hydroxyl groups excluding tert-OH is 1. The van der Waals surface area contributed by atoms with Gasteiger partial charge >= 0.3 is 39.5 Å². The van der Waals surface area contributed by atoms with Crippen molar-refractivity contribution in [2.24, 2.45) is 17.8 Å². The molecule has 0 bridgehead atoms.